The van der Waals surface area contributed by atoms with Gasteiger partial charge in [-0.1, -0.05) is 25.4 Å². The fourth-order valence-corrected chi connectivity index (χ4v) is 2.68. The minimum atomic E-state index is 0.372. The average Bonchev–Trinajstić information content (AvgIpc) is 2.51. The van der Waals surface area contributed by atoms with Crippen molar-refractivity contribution >= 4 is 11.6 Å². The summed E-state index contributed by atoms with van der Waals surface area (Å²) >= 11 is 6.00. The smallest absolute Gasteiger partial charge is 0.232 e. The van der Waals surface area contributed by atoms with Crippen molar-refractivity contribution in [2.45, 2.75) is 26.3 Å². The van der Waals surface area contributed by atoms with Crippen LogP contribution in [0.2, 0.25) is 5.02 Å². The number of hydrogen-bond donors (Lipinski definition) is 0. The summed E-state index contributed by atoms with van der Waals surface area (Å²) in [5.74, 6) is 0.535. The molecule has 0 aromatic carbocycles. The number of aromatic nitrogens is 1. The lowest BCUT2D eigenvalue weighted by Crippen LogP contribution is -2.30. The molecule has 94 valence electrons. The number of pyridine rings is 1. The Kier molecular flexibility index (Phi) is 3.59. The molecule has 1 aromatic rings. The Morgan fingerprint density at radius 2 is 2.35 bits per heavy atom. The van der Waals surface area contributed by atoms with Gasteiger partial charge in [-0.25, -0.2) is 4.98 Å². The molecule has 1 unspecified atom stereocenters. The minimum absolute atomic E-state index is 0.372. The molecule has 3 nitrogen and oxygen atoms in total. The summed E-state index contributed by atoms with van der Waals surface area (Å²) in [4.78, 5) is 6.47. The third-order valence-electron chi connectivity index (χ3n) is 3.23. The maximum absolute atomic E-state index is 6.00. The highest BCUT2D eigenvalue weighted by atomic mass is 35.5. The summed E-state index contributed by atoms with van der Waals surface area (Å²) < 4.78 is 5.70. The summed E-state index contributed by atoms with van der Waals surface area (Å²) in [6.07, 6.45) is 2.84. The molecular formula is C13H19ClN2O. The molecule has 1 aliphatic heterocycles. The van der Waals surface area contributed by atoms with Gasteiger partial charge in [0.1, 0.15) is 11.6 Å². The van der Waals surface area contributed by atoms with Crippen molar-refractivity contribution < 1.29 is 4.74 Å². The monoisotopic (exact) mass is 254 g/mol. The van der Waals surface area contributed by atoms with Crippen LogP contribution < -0.4 is 4.74 Å². The molecule has 1 saturated heterocycles. The molecule has 2 rings (SSSR count). The van der Waals surface area contributed by atoms with Gasteiger partial charge in [-0.3, -0.25) is 4.90 Å². The van der Waals surface area contributed by atoms with Crippen molar-refractivity contribution in [3.63, 3.8) is 0 Å². The Labute approximate surface area is 108 Å². The predicted molar refractivity (Wildman–Crippen MR) is 69.6 cm³/mol. The van der Waals surface area contributed by atoms with Gasteiger partial charge in [-0.05, 0) is 31.0 Å². The molecule has 1 fully saturated rings. The van der Waals surface area contributed by atoms with E-state index in [0.29, 0.717) is 29.0 Å². The van der Waals surface area contributed by atoms with E-state index in [9.17, 15) is 0 Å². The molecule has 0 saturated carbocycles. The first-order chi connectivity index (χ1) is 7.98. The molecule has 0 amide bonds. The van der Waals surface area contributed by atoms with E-state index < -0.39 is 0 Å². The van der Waals surface area contributed by atoms with Crippen LogP contribution in [0.25, 0.3) is 0 Å². The normalized spacial score (nSPS) is 23.9. The molecule has 0 aliphatic carbocycles. The van der Waals surface area contributed by atoms with Crippen molar-refractivity contribution in [2.75, 3.05) is 20.2 Å². The van der Waals surface area contributed by atoms with E-state index in [0.717, 1.165) is 13.0 Å². The lowest BCUT2D eigenvalue weighted by atomic mass is 9.91. The summed E-state index contributed by atoms with van der Waals surface area (Å²) in [5, 5.41) is 0.576. The molecule has 1 aromatic heterocycles. The molecule has 0 radical (unpaired) electrons. The van der Waals surface area contributed by atoms with Crippen LogP contribution in [0.15, 0.2) is 18.3 Å². The quantitative estimate of drug-likeness (QED) is 0.830. The second-order valence-corrected chi connectivity index (χ2v) is 5.95. The Hall–Kier alpha value is -0.800. The van der Waals surface area contributed by atoms with Crippen molar-refractivity contribution in [1.29, 1.82) is 0 Å². The Balaban J connectivity index is 1.93. The molecule has 0 N–H and O–H groups in total. The van der Waals surface area contributed by atoms with E-state index in [1.807, 2.05) is 0 Å². The maximum atomic E-state index is 6.00. The zero-order valence-electron chi connectivity index (χ0n) is 10.6. The van der Waals surface area contributed by atoms with Gasteiger partial charge >= 0.3 is 0 Å². The Morgan fingerprint density at radius 3 is 2.94 bits per heavy atom. The van der Waals surface area contributed by atoms with Gasteiger partial charge in [0.05, 0.1) is 0 Å². The van der Waals surface area contributed by atoms with Crippen LogP contribution in [0.1, 0.15) is 20.3 Å². The van der Waals surface area contributed by atoms with Crippen molar-refractivity contribution in [2.24, 2.45) is 5.41 Å². The first kappa shape index (κ1) is 12.7. The lowest BCUT2D eigenvalue weighted by Gasteiger charge is -2.19. The van der Waals surface area contributed by atoms with Crippen LogP contribution in [0.4, 0.5) is 0 Å². The average molecular weight is 255 g/mol. The van der Waals surface area contributed by atoms with Crippen molar-refractivity contribution in [3.8, 4) is 5.88 Å². The number of halogens is 1. The molecule has 0 spiro atoms. The third-order valence-corrected chi connectivity index (χ3v) is 3.51. The highest BCUT2D eigenvalue weighted by Gasteiger charge is 2.35. The van der Waals surface area contributed by atoms with Crippen LogP contribution in [-0.4, -0.2) is 36.1 Å². The second kappa shape index (κ2) is 4.83. The summed E-state index contributed by atoms with van der Waals surface area (Å²) in [5.41, 5.74) is 0.372. The largest absolute Gasteiger partial charge is 0.475 e. The Bertz CT molecular complexity index is 395. The molecule has 17 heavy (non-hydrogen) atoms. The minimum Gasteiger partial charge on any atom is -0.475 e. The van der Waals surface area contributed by atoms with Gasteiger partial charge in [0.25, 0.3) is 0 Å². The number of nitrogens with zero attached hydrogens (tertiary/aromatic N) is 2. The van der Waals surface area contributed by atoms with Crippen LogP contribution in [0.5, 0.6) is 5.88 Å². The SMILES string of the molecule is CN1CC(C)(C)CC1COc1ncccc1Cl. The predicted octanol–water partition coefficient (Wildman–Crippen LogP) is 2.84. The summed E-state index contributed by atoms with van der Waals surface area (Å²) in [6.45, 7) is 6.34. The highest BCUT2D eigenvalue weighted by molar-refractivity contribution is 6.31. The summed E-state index contributed by atoms with van der Waals surface area (Å²) in [7, 11) is 2.14. The van der Waals surface area contributed by atoms with Crippen LogP contribution >= 0.6 is 11.6 Å². The van der Waals surface area contributed by atoms with E-state index >= 15 is 0 Å². The number of hydrogen-bond acceptors (Lipinski definition) is 3. The van der Waals surface area contributed by atoms with E-state index in [-0.39, 0.29) is 0 Å². The fourth-order valence-electron chi connectivity index (χ4n) is 2.50. The van der Waals surface area contributed by atoms with Crippen LogP contribution in [-0.2, 0) is 0 Å². The van der Waals surface area contributed by atoms with Crippen LogP contribution in [0.3, 0.4) is 0 Å². The first-order valence-electron chi connectivity index (χ1n) is 5.91. The van der Waals surface area contributed by atoms with Gasteiger partial charge in [0, 0.05) is 18.8 Å². The number of rotatable bonds is 3. The molecule has 2 heterocycles. The number of likely N-dealkylation sites (N-methyl/N-ethyl adjacent to an activating group) is 1. The zero-order chi connectivity index (χ0) is 12.5. The number of likely N-dealkylation sites (tertiary alicyclic amines) is 1. The molecule has 4 heteroatoms. The van der Waals surface area contributed by atoms with Crippen LogP contribution in [0, 0.1) is 5.41 Å². The highest BCUT2D eigenvalue weighted by Crippen LogP contribution is 2.33. The maximum Gasteiger partial charge on any atom is 0.232 e. The zero-order valence-corrected chi connectivity index (χ0v) is 11.4. The van der Waals surface area contributed by atoms with Gasteiger partial charge in [-0.15, -0.1) is 0 Å². The molecule has 1 atom stereocenters. The van der Waals surface area contributed by atoms with Gasteiger partial charge in [0.15, 0.2) is 0 Å². The van der Waals surface area contributed by atoms with E-state index in [1.165, 1.54) is 0 Å². The first-order valence-corrected chi connectivity index (χ1v) is 6.29. The number of ether oxygens (including phenoxy) is 1. The van der Waals surface area contributed by atoms with Crippen molar-refractivity contribution in [1.82, 2.24) is 9.88 Å². The van der Waals surface area contributed by atoms with E-state index in [1.54, 1.807) is 18.3 Å². The topological polar surface area (TPSA) is 25.4 Å². The lowest BCUT2D eigenvalue weighted by molar-refractivity contribution is 0.193. The van der Waals surface area contributed by atoms with E-state index in [2.05, 4.69) is 30.8 Å². The molecular weight excluding hydrogens is 236 g/mol. The van der Waals surface area contributed by atoms with Gasteiger partial charge < -0.3 is 4.74 Å². The Morgan fingerprint density at radius 1 is 1.59 bits per heavy atom. The van der Waals surface area contributed by atoms with E-state index in [4.69, 9.17) is 16.3 Å². The van der Waals surface area contributed by atoms with Gasteiger partial charge in [-0.2, -0.15) is 0 Å². The third kappa shape index (κ3) is 3.11. The fraction of sp³-hybridized carbons (Fsp3) is 0.615. The second-order valence-electron chi connectivity index (χ2n) is 5.54. The van der Waals surface area contributed by atoms with Crippen molar-refractivity contribution in [3.05, 3.63) is 23.4 Å². The molecule has 0 bridgehead atoms. The molecule has 1 aliphatic rings. The standard InChI is InChI=1S/C13H19ClN2O/c1-13(2)7-10(16(3)9-13)8-17-12-11(14)5-4-6-15-12/h4-6,10H,7-9H2,1-3H3. The summed E-state index contributed by atoms with van der Waals surface area (Å²) in [6, 6.07) is 4.05. The van der Waals surface area contributed by atoms with Gasteiger partial charge in [0.2, 0.25) is 5.88 Å².